The number of phenolic OH excluding ortho intramolecular Hbond substituents is 1. The van der Waals surface area contributed by atoms with Crippen molar-refractivity contribution in [3.05, 3.63) is 58.3 Å². The van der Waals surface area contributed by atoms with Crippen LogP contribution in [0.5, 0.6) is 5.75 Å². The molecular weight excluding hydrogens is 357 g/mol. The molecule has 7 heteroatoms. The van der Waals surface area contributed by atoms with Crippen LogP contribution in [0.25, 0.3) is 0 Å². The van der Waals surface area contributed by atoms with Crippen LogP contribution in [-0.2, 0) is 9.53 Å². The minimum Gasteiger partial charge on any atom is -0.508 e. The van der Waals surface area contributed by atoms with E-state index in [-0.39, 0.29) is 17.0 Å². The number of halogens is 2. The number of benzene rings is 2. The summed E-state index contributed by atoms with van der Waals surface area (Å²) in [5.74, 6) is -1.97. The van der Waals surface area contributed by atoms with Gasteiger partial charge in [0.2, 0.25) is 0 Å². The van der Waals surface area contributed by atoms with Crippen LogP contribution in [0.1, 0.15) is 10.4 Å². The van der Waals surface area contributed by atoms with E-state index in [0.717, 1.165) is 0 Å². The van der Waals surface area contributed by atoms with Crippen LogP contribution < -0.4 is 5.32 Å². The molecular formula is C15H11BrFNO4. The Morgan fingerprint density at radius 3 is 2.50 bits per heavy atom. The van der Waals surface area contributed by atoms with Crippen molar-refractivity contribution in [2.45, 2.75) is 0 Å². The van der Waals surface area contributed by atoms with E-state index in [2.05, 4.69) is 21.2 Å². The predicted molar refractivity (Wildman–Crippen MR) is 81.1 cm³/mol. The molecule has 0 aromatic heterocycles. The van der Waals surface area contributed by atoms with Crippen molar-refractivity contribution in [3.8, 4) is 5.75 Å². The highest BCUT2D eigenvalue weighted by Crippen LogP contribution is 2.19. The fourth-order valence-corrected chi connectivity index (χ4v) is 1.92. The molecule has 0 heterocycles. The molecule has 2 aromatic rings. The highest BCUT2D eigenvalue weighted by atomic mass is 79.9. The van der Waals surface area contributed by atoms with Gasteiger partial charge in [-0.1, -0.05) is 15.9 Å². The monoisotopic (exact) mass is 367 g/mol. The Morgan fingerprint density at radius 1 is 1.18 bits per heavy atom. The molecule has 0 fully saturated rings. The maximum absolute atomic E-state index is 13.5. The summed E-state index contributed by atoms with van der Waals surface area (Å²) in [4.78, 5) is 23.3. The van der Waals surface area contributed by atoms with E-state index in [1.165, 1.54) is 36.4 Å². The Morgan fingerprint density at radius 2 is 1.86 bits per heavy atom. The molecule has 0 aliphatic rings. The van der Waals surface area contributed by atoms with Crippen LogP contribution in [0, 0.1) is 5.82 Å². The number of amides is 1. The standard InChI is InChI=1S/C15H11BrFNO4/c16-10-3-6-13(12(17)7-10)18-14(20)8-22-15(21)9-1-4-11(19)5-2-9/h1-7,19H,8H2,(H,18,20). The smallest absolute Gasteiger partial charge is 0.338 e. The van der Waals surface area contributed by atoms with Gasteiger partial charge in [-0.25, -0.2) is 9.18 Å². The molecule has 5 nitrogen and oxygen atoms in total. The van der Waals surface area contributed by atoms with Crippen molar-refractivity contribution in [3.63, 3.8) is 0 Å². The average Bonchev–Trinajstić information content (AvgIpc) is 2.48. The van der Waals surface area contributed by atoms with E-state index in [1.54, 1.807) is 6.07 Å². The van der Waals surface area contributed by atoms with Crippen LogP contribution in [0.2, 0.25) is 0 Å². The van der Waals surface area contributed by atoms with Crippen molar-refractivity contribution in [1.29, 1.82) is 0 Å². The number of ether oxygens (including phenoxy) is 1. The van der Waals surface area contributed by atoms with Gasteiger partial charge in [0.15, 0.2) is 6.61 Å². The molecule has 0 unspecified atom stereocenters. The van der Waals surface area contributed by atoms with Crippen LogP contribution in [0.15, 0.2) is 46.9 Å². The van der Waals surface area contributed by atoms with E-state index >= 15 is 0 Å². The summed E-state index contributed by atoms with van der Waals surface area (Å²) >= 11 is 3.10. The molecule has 1 amide bonds. The maximum atomic E-state index is 13.5. The normalized spacial score (nSPS) is 10.1. The minimum atomic E-state index is -0.716. The molecule has 0 spiro atoms. The third-order valence-electron chi connectivity index (χ3n) is 2.64. The van der Waals surface area contributed by atoms with Crippen molar-refractivity contribution in [1.82, 2.24) is 0 Å². The molecule has 0 atom stereocenters. The summed E-state index contributed by atoms with van der Waals surface area (Å²) in [6.45, 7) is -0.546. The lowest BCUT2D eigenvalue weighted by Gasteiger charge is -2.07. The molecule has 22 heavy (non-hydrogen) atoms. The summed E-state index contributed by atoms with van der Waals surface area (Å²) in [6.07, 6.45) is 0. The molecule has 2 N–H and O–H groups in total. The lowest BCUT2D eigenvalue weighted by atomic mass is 10.2. The first-order valence-electron chi connectivity index (χ1n) is 6.17. The first-order valence-corrected chi connectivity index (χ1v) is 6.96. The average molecular weight is 368 g/mol. The van der Waals surface area contributed by atoms with Crippen LogP contribution in [-0.4, -0.2) is 23.6 Å². The molecule has 2 rings (SSSR count). The summed E-state index contributed by atoms with van der Waals surface area (Å²) in [5.41, 5.74) is 0.189. The zero-order valence-corrected chi connectivity index (χ0v) is 12.8. The molecule has 2 aromatic carbocycles. The Labute approximate surface area is 133 Å². The highest BCUT2D eigenvalue weighted by Gasteiger charge is 2.12. The Hall–Kier alpha value is -2.41. The van der Waals surface area contributed by atoms with Gasteiger partial charge in [0.05, 0.1) is 11.3 Å². The minimum absolute atomic E-state index is 0.00566. The lowest BCUT2D eigenvalue weighted by molar-refractivity contribution is -0.119. The van der Waals surface area contributed by atoms with Crippen LogP contribution in [0.4, 0.5) is 10.1 Å². The number of phenols is 1. The molecule has 0 aliphatic heterocycles. The summed E-state index contributed by atoms with van der Waals surface area (Å²) in [5, 5.41) is 11.4. The Kier molecular flexibility index (Phi) is 5.11. The van der Waals surface area contributed by atoms with Gasteiger partial charge in [-0.15, -0.1) is 0 Å². The number of nitrogens with one attached hydrogen (secondary N) is 1. The quantitative estimate of drug-likeness (QED) is 0.814. The second kappa shape index (κ2) is 7.04. The van der Waals surface area contributed by atoms with Gasteiger partial charge in [-0.05, 0) is 42.5 Å². The SMILES string of the molecule is O=C(COC(=O)c1ccc(O)cc1)Nc1ccc(Br)cc1F. The number of hydrogen-bond acceptors (Lipinski definition) is 4. The fraction of sp³-hybridized carbons (Fsp3) is 0.0667. The number of carbonyl (C=O) groups excluding carboxylic acids is 2. The number of anilines is 1. The number of aromatic hydroxyl groups is 1. The molecule has 114 valence electrons. The first-order chi connectivity index (χ1) is 10.5. The molecule has 0 bridgehead atoms. The van der Waals surface area contributed by atoms with E-state index < -0.39 is 24.3 Å². The van der Waals surface area contributed by atoms with E-state index in [1.807, 2.05) is 0 Å². The van der Waals surface area contributed by atoms with Gasteiger partial charge in [-0.2, -0.15) is 0 Å². The van der Waals surface area contributed by atoms with Gasteiger partial charge in [-0.3, -0.25) is 4.79 Å². The topological polar surface area (TPSA) is 75.6 Å². The van der Waals surface area contributed by atoms with Crippen molar-refractivity contribution >= 4 is 33.5 Å². The third kappa shape index (κ3) is 4.29. The van der Waals surface area contributed by atoms with Gasteiger partial charge < -0.3 is 15.2 Å². The van der Waals surface area contributed by atoms with Gasteiger partial charge in [0.25, 0.3) is 5.91 Å². The number of rotatable bonds is 4. The fourth-order valence-electron chi connectivity index (χ4n) is 1.59. The first kappa shape index (κ1) is 16.0. The number of esters is 1. The summed E-state index contributed by atoms with van der Waals surface area (Å²) in [6, 6.07) is 9.55. The second-order valence-corrected chi connectivity index (χ2v) is 5.21. The van der Waals surface area contributed by atoms with Crippen LogP contribution >= 0.6 is 15.9 Å². The van der Waals surface area contributed by atoms with E-state index in [9.17, 15) is 14.0 Å². The van der Waals surface area contributed by atoms with Gasteiger partial charge in [0, 0.05) is 4.47 Å². The zero-order chi connectivity index (χ0) is 16.1. The maximum Gasteiger partial charge on any atom is 0.338 e. The largest absolute Gasteiger partial charge is 0.508 e. The predicted octanol–water partition coefficient (Wildman–Crippen LogP) is 3.09. The number of hydrogen-bond donors (Lipinski definition) is 2. The molecule has 0 saturated heterocycles. The van der Waals surface area contributed by atoms with Crippen molar-refractivity contribution in [2.75, 3.05) is 11.9 Å². The van der Waals surface area contributed by atoms with E-state index in [0.29, 0.717) is 4.47 Å². The Balaban J connectivity index is 1.89. The van der Waals surface area contributed by atoms with E-state index in [4.69, 9.17) is 9.84 Å². The summed E-state index contributed by atoms with van der Waals surface area (Å²) in [7, 11) is 0. The second-order valence-electron chi connectivity index (χ2n) is 4.30. The van der Waals surface area contributed by atoms with Gasteiger partial charge in [0.1, 0.15) is 11.6 Å². The molecule has 0 radical (unpaired) electrons. The molecule has 0 saturated carbocycles. The lowest BCUT2D eigenvalue weighted by Crippen LogP contribution is -2.21. The van der Waals surface area contributed by atoms with Gasteiger partial charge >= 0.3 is 5.97 Å². The van der Waals surface area contributed by atoms with Crippen molar-refractivity contribution < 1.29 is 23.8 Å². The molecule has 0 aliphatic carbocycles. The van der Waals surface area contributed by atoms with Crippen molar-refractivity contribution in [2.24, 2.45) is 0 Å². The third-order valence-corrected chi connectivity index (χ3v) is 3.14. The highest BCUT2D eigenvalue weighted by molar-refractivity contribution is 9.10. The summed E-state index contributed by atoms with van der Waals surface area (Å²) < 4.78 is 18.9. The number of carbonyl (C=O) groups is 2. The zero-order valence-electron chi connectivity index (χ0n) is 11.2. The Bertz CT molecular complexity index is 703. The van der Waals surface area contributed by atoms with Crippen LogP contribution in [0.3, 0.4) is 0 Å².